The van der Waals surface area contributed by atoms with Crippen LogP contribution in [-0.2, 0) is 16.0 Å². The summed E-state index contributed by atoms with van der Waals surface area (Å²) in [6, 6.07) is 13.8. The molecule has 7 nitrogen and oxygen atoms in total. The van der Waals surface area contributed by atoms with Gasteiger partial charge in [0.05, 0.1) is 5.69 Å². The number of amides is 1. The molecular weight excluding hydrogens is 536 g/mol. The van der Waals surface area contributed by atoms with Gasteiger partial charge in [-0.1, -0.05) is 44.2 Å². The molecule has 3 heterocycles. The van der Waals surface area contributed by atoms with Crippen LogP contribution in [0.4, 0.5) is 14.6 Å². The van der Waals surface area contributed by atoms with E-state index < -0.39 is 5.92 Å². The number of carbonyl (C=O) groups is 2. The minimum absolute atomic E-state index is 0.145. The van der Waals surface area contributed by atoms with E-state index in [0.29, 0.717) is 44.2 Å². The van der Waals surface area contributed by atoms with Crippen molar-refractivity contribution in [3.63, 3.8) is 0 Å². The first kappa shape index (κ1) is 29.8. The summed E-state index contributed by atoms with van der Waals surface area (Å²) in [5.74, 6) is -1.73. The lowest BCUT2D eigenvalue weighted by atomic mass is 9.82. The molecule has 5 rings (SSSR count). The number of alkyl halides is 2. The van der Waals surface area contributed by atoms with Crippen LogP contribution in [0, 0.1) is 5.92 Å². The van der Waals surface area contributed by atoms with E-state index in [0.717, 1.165) is 22.4 Å². The van der Waals surface area contributed by atoms with Crippen LogP contribution in [-0.4, -0.2) is 57.3 Å². The number of rotatable bonds is 12. The number of aromatic amines is 1. The summed E-state index contributed by atoms with van der Waals surface area (Å²) in [5.41, 5.74) is 4.94. The van der Waals surface area contributed by atoms with Crippen LogP contribution < -0.4 is 5.32 Å². The Kier molecular flexibility index (Phi) is 9.26. The van der Waals surface area contributed by atoms with Crippen molar-refractivity contribution in [2.45, 2.75) is 70.1 Å². The van der Waals surface area contributed by atoms with Gasteiger partial charge in [0, 0.05) is 74.3 Å². The number of hydrogen-bond acceptors (Lipinski definition) is 5. The van der Waals surface area contributed by atoms with Gasteiger partial charge in [-0.2, -0.15) is 5.10 Å². The standard InChI is InChI=1S/C33H39F2N5O2/c1-22(2)32(29(41)12-11-27-20-28(39-38-27)23-8-9-23)25-6-3-5-24(19-25)26-10-13-30(36-21-26)37-31(42)7-4-16-40-17-14-33(34,35)15-18-40/h3-7,10,13,19-23,32H,8-9,11-12,14-18H2,1-2H3,(H,38,39)(H,36,37,42)/b7-4+. The number of aryl methyl sites for hydroxylation is 1. The topological polar surface area (TPSA) is 91.0 Å². The number of H-pyrrole nitrogens is 1. The Bertz CT molecular complexity index is 1400. The predicted octanol–water partition coefficient (Wildman–Crippen LogP) is 6.52. The normalized spacial score (nSPS) is 17.9. The number of nitrogens with zero attached hydrogens (tertiary/aromatic N) is 3. The number of aromatic nitrogens is 3. The quantitative estimate of drug-likeness (QED) is 0.240. The molecule has 2 fully saturated rings. The summed E-state index contributed by atoms with van der Waals surface area (Å²) >= 11 is 0. The Morgan fingerprint density at radius 2 is 1.90 bits per heavy atom. The maximum atomic E-state index is 13.4. The molecule has 42 heavy (non-hydrogen) atoms. The average Bonchev–Trinajstić information content (AvgIpc) is 3.70. The molecule has 0 radical (unpaired) electrons. The highest BCUT2D eigenvalue weighted by Crippen LogP contribution is 2.39. The molecule has 2 N–H and O–H groups in total. The second kappa shape index (κ2) is 13.1. The van der Waals surface area contributed by atoms with Crippen LogP contribution in [0.5, 0.6) is 0 Å². The maximum Gasteiger partial charge on any atom is 0.250 e. The van der Waals surface area contributed by atoms with Gasteiger partial charge in [0.1, 0.15) is 11.6 Å². The summed E-state index contributed by atoms with van der Waals surface area (Å²) < 4.78 is 26.6. The van der Waals surface area contributed by atoms with Gasteiger partial charge in [-0.05, 0) is 54.5 Å². The van der Waals surface area contributed by atoms with E-state index in [4.69, 9.17) is 0 Å². The highest BCUT2D eigenvalue weighted by molar-refractivity contribution is 5.98. The number of pyridine rings is 1. The number of Topliss-reactive ketones (excluding diaryl/α,β-unsaturated/α-hetero) is 1. The molecule has 1 aliphatic carbocycles. The summed E-state index contributed by atoms with van der Waals surface area (Å²) in [4.78, 5) is 32.0. The second-order valence-corrected chi connectivity index (χ2v) is 11.9. The van der Waals surface area contributed by atoms with Gasteiger partial charge in [-0.15, -0.1) is 0 Å². The van der Waals surface area contributed by atoms with Crippen molar-refractivity contribution < 1.29 is 18.4 Å². The maximum absolute atomic E-state index is 13.4. The lowest BCUT2D eigenvalue weighted by Gasteiger charge is -2.30. The van der Waals surface area contributed by atoms with Gasteiger partial charge in [0.2, 0.25) is 5.91 Å². The number of anilines is 1. The monoisotopic (exact) mass is 575 g/mol. The van der Waals surface area contributed by atoms with E-state index in [1.54, 1.807) is 18.3 Å². The predicted molar refractivity (Wildman–Crippen MR) is 160 cm³/mol. The molecule has 1 aromatic carbocycles. The number of ketones is 1. The second-order valence-electron chi connectivity index (χ2n) is 11.9. The van der Waals surface area contributed by atoms with E-state index in [2.05, 4.69) is 46.5 Å². The van der Waals surface area contributed by atoms with Crippen LogP contribution in [0.1, 0.15) is 74.7 Å². The van der Waals surface area contributed by atoms with Crippen molar-refractivity contribution in [2.24, 2.45) is 5.92 Å². The molecular formula is C33H39F2N5O2. The Labute approximate surface area is 245 Å². The molecule has 0 spiro atoms. The first-order chi connectivity index (χ1) is 20.2. The number of hydrogen-bond donors (Lipinski definition) is 2. The van der Waals surface area contributed by atoms with E-state index in [-0.39, 0.29) is 36.4 Å². The van der Waals surface area contributed by atoms with Crippen molar-refractivity contribution in [1.82, 2.24) is 20.1 Å². The third-order valence-electron chi connectivity index (χ3n) is 8.12. The first-order valence-electron chi connectivity index (χ1n) is 14.9. The van der Waals surface area contributed by atoms with Gasteiger partial charge in [-0.3, -0.25) is 19.6 Å². The number of carbonyl (C=O) groups excluding carboxylic acids is 2. The average molecular weight is 576 g/mol. The fraction of sp³-hybridized carbons (Fsp3) is 0.455. The van der Waals surface area contributed by atoms with E-state index in [1.807, 2.05) is 29.2 Å². The van der Waals surface area contributed by atoms with Crippen LogP contribution in [0.3, 0.4) is 0 Å². The van der Waals surface area contributed by atoms with Crippen molar-refractivity contribution in [3.05, 3.63) is 77.8 Å². The third-order valence-corrected chi connectivity index (χ3v) is 8.12. The minimum Gasteiger partial charge on any atom is -0.307 e. The Hall–Kier alpha value is -3.72. The van der Waals surface area contributed by atoms with Crippen molar-refractivity contribution >= 4 is 17.5 Å². The van der Waals surface area contributed by atoms with E-state index in [9.17, 15) is 18.4 Å². The van der Waals surface area contributed by atoms with E-state index >= 15 is 0 Å². The fourth-order valence-corrected chi connectivity index (χ4v) is 5.55. The molecule has 1 atom stereocenters. The smallest absolute Gasteiger partial charge is 0.250 e. The molecule has 222 valence electrons. The Morgan fingerprint density at radius 3 is 2.60 bits per heavy atom. The lowest BCUT2D eigenvalue weighted by molar-refractivity contribution is -0.121. The van der Waals surface area contributed by atoms with Crippen molar-refractivity contribution in [1.29, 1.82) is 0 Å². The largest absolute Gasteiger partial charge is 0.307 e. The molecule has 1 saturated carbocycles. The van der Waals surface area contributed by atoms with Gasteiger partial charge < -0.3 is 5.32 Å². The highest BCUT2D eigenvalue weighted by atomic mass is 19.3. The molecule has 9 heteroatoms. The zero-order valence-electron chi connectivity index (χ0n) is 24.3. The number of piperidine rings is 1. The van der Waals surface area contributed by atoms with Crippen molar-refractivity contribution in [2.75, 3.05) is 25.0 Å². The molecule has 1 unspecified atom stereocenters. The zero-order chi connectivity index (χ0) is 29.7. The lowest BCUT2D eigenvalue weighted by Crippen LogP contribution is -2.39. The summed E-state index contributed by atoms with van der Waals surface area (Å²) in [7, 11) is 0. The fourth-order valence-electron chi connectivity index (χ4n) is 5.55. The highest BCUT2D eigenvalue weighted by Gasteiger charge is 2.33. The summed E-state index contributed by atoms with van der Waals surface area (Å²) in [5, 5.41) is 10.3. The van der Waals surface area contributed by atoms with Gasteiger partial charge >= 0.3 is 0 Å². The van der Waals surface area contributed by atoms with Crippen LogP contribution in [0.15, 0.2) is 60.8 Å². The van der Waals surface area contributed by atoms with Crippen molar-refractivity contribution in [3.8, 4) is 11.1 Å². The minimum atomic E-state index is -2.58. The first-order valence-corrected chi connectivity index (χ1v) is 14.9. The molecule has 1 aliphatic heterocycles. The Morgan fingerprint density at radius 1 is 1.12 bits per heavy atom. The molecule has 1 saturated heterocycles. The number of nitrogens with one attached hydrogen (secondary N) is 2. The number of halogens is 2. The van der Waals surface area contributed by atoms with Gasteiger partial charge in [-0.25, -0.2) is 13.8 Å². The summed E-state index contributed by atoms with van der Waals surface area (Å²) in [6.07, 6.45) is 8.01. The molecule has 2 aliphatic rings. The number of benzene rings is 1. The van der Waals surface area contributed by atoms with Gasteiger partial charge in [0.25, 0.3) is 5.92 Å². The zero-order valence-corrected chi connectivity index (χ0v) is 24.3. The van der Waals surface area contributed by atoms with Crippen LogP contribution in [0.2, 0.25) is 0 Å². The molecule has 3 aromatic rings. The van der Waals surface area contributed by atoms with Gasteiger partial charge in [0.15, 0.2) is 0 Å². The van der Waals surface area contributed by atoms with E-state index in [1.165, 1.54) is 24.6 Å². The molecule has 2 aromatic heterocycles. The summed E-state index contributed by atoms with van der Waals surface area (Å²) in [6.45, 7) is 5.25. The van der Waals surface area contributed by atoms with Crippen LogP contribution in [0.25, 0.3) is 11.1 Å². The SMILES string of the molecule is CC(C)C(C(=O)CCc1cc(C2CC2)[nH]n1)c1cccc(-c2ccc(NC(=O)/C=C/CN3CCC(F)(F)CC3)nc2)c1. The van der Waals surface area contributed by atoms with Crippen LogP contribution >= 0.6 is 0 Å². The third kappa shape index (κ3) is 7.97. The number of likely N-dealkylation sites (tertiary alicyclic amines) is 1. The molecule has 1 amide bonds. The Balaban J connectivity index is 1.16. The molecule has 0 bridgehead atoms.